The second-order valence-corrected chi connectivity index (χ2v) is 7.27. The van der Waals surface area contributed by atoms with Crippen molar-refractivity contribution >= 4 is 0 Å². The lowest BCUT2D eigenvalue weighted by atomic mass is 10.1. The van der Waals surface area contributed by atoms with Crippen LogP contribution in [0.4, 0.5) is 0 Å². The number of nitrogens with zero attached hydrogens (tertiary/aromatic N) is 4. The minimum Gasteiger partial charge on any atom is -0.306 e. The number of aromatic nitrogens is 2. The Balaban J connectivity index is 1.56. The molecule has 1 unspecified atom stereocenters. The Bertz CT molecular complexity index is 461. The van der Waals surface area contributed by atoms with Crippen molar-refractivity contribution in [2.45, 2.75) is 51.6 Å². The zero-order valence-electron chi connectivity index (χ0n) is 13.9. The molecule has 1 saturated heterocycles. The normalized spacial score (nSPS) is 24.5. The molecule has 118 valence electrons. The summed E-state index contributed by atoms with van der Waals surface area (Å²) in [5.74, 6) is 0.838. The predicted molar refractivity (Wildman–Crippen MR) is 86.4 cm³/mol. The van der Waals surface area contributed by atoms with E-state index in [1.807, 2.05) is 0 Å². The molecule has 4 heteroatoms. The van der Waals surface area contributed by atoms with E-state index in [4.69, 9.17) is 5.10 Å². The molecule has 0 bridgehead atoms. The van der Waals surface area contributed by atoms with Crippen LogP contribution in [0.25, 0.3) is 0 Å². The Hall–Kier alpha value is -0.870. The van der Waals surface area contributed by atoms with Gasteiger partial charge in [-0.3, -0.25) is 4.68 Å². The molecule has 2 fully saturated rings. The van der Waals surface area contributed by atoms with Gasteiger partial charge < -0.3 is 9.80 Å². The molecule has 1 atom stereocenters. The Morgan fingerprint density at radius 2 is 2.05 bits per heavy atom. The number of likely N-dealkylation sites (tertiary alicyclic amines) is 1. The van der Waals surface area contributed by atoms with Crippen LogP contribution in [0.2, 0.25) is 0 Å². The second-order valence-electron chi connectivity index (χ2n) is 7.27. The van der Waals surface area contributed by atoms with Gasteiger partial charge in [0.1, 0.15) is 0 Å². The van der Waals surface area contributed by atoms with Gasteiger partial charge >= 0.3 is 0 Å². The fraction of sp³-hybridized carbons (Fsp3) is 0.824. The van der Waals surface area contributed by atoms with E-state index in [1.54, 1.807) is 0 Å². The molecule has 1 aliphatic carbocycles. The zero-order valence-corrected chi connectivity index (χ0v) is 13.9. The van der Waals surface area contributed by atoms with Gasteiger partial charge in [-0.25, -0.2) is 0 Å². The van der Waals surface area contributed by atoms with E-state index in [1.165, 1.54) is 63.0 Å². The lowest BCUT2D eigenvalue weighted by Crippen LogP contribution is -2.27. The third kappa shape index (κ3) is 3.67. The van der Waals surface area contributed by atoms with Crippen LogP contribution in [0.3, 0.4) is 0 Å². The first-order chi connectivity index (χ1) is 10.1. The van der Waals surface area contributed by atoms with Crippen LogP contribution in [0.5, 0.6) is 0 Å². The van der Waals surface area contributed by atoms with Gasteiger partial charge in [-0.1, -0.05) is 12.8 Å². The topological polar surface area (TPSA) is 24.3 Å². The van der Waals surface area contributed by atoms with Gasteiger partial charge in [0.25, 0.3) is 0 Å². The Kier molecular flexibility index (Phi) is 4.65. The first-order valence-corrected chi connectivity index (χ1v) is 8.53. The molecule has 2 aliphatic rings. The molecule has 21 heavy (non-hydrogen) atoms. The largest absolute Gasteiger partial charge is 0.306 e. The molecule has 0 spiro atoms. The third-order valence-electron chi connectivity index (χ3n) is 5.22. The zero-order chi connectivity index (χ0) is 14.8. The van der Waals surface area contributed by atoms with Crippen LogP contribution in [0, 0.1) is 12.8 Å². The van der Waals surface area contributed by atoms with Gasteiger partial charge in [0.2, 0.25) is 0 Å². The molecular formula is C17H30N4. The average molecular weight is 290 g/mol. The summed E-state index contributed by atoms with van der Waals surface area (Å²) in [5, 5.41) is 4.77. The molecule has 0 N–H and O–H groups in total. The predicted octanol–water partition coefficient (Wildman–Crippen LogP) is 2.69. The summed E-state index contributed by atoms with van der Waals surface area (Å²) in [6.45, 7) is 6.93. The summed E-state index contributed by atoms with van der Waals surface area (Å²) in [6.07, 6.45) is 9.02. The highest BCUT2D eigenvalue weighted by Crippen LogP contribution is 2.29. The SMILES string of the molecule is Cc1nn(C2CCCC2)cc1CN(C)CC1CCN(C)C1. The van der Waals surface area contributed by atoms with Gasteiger partial charge in [0.05, 0.1) is 11.7 Å². The maximum atomic E-state index is 4.77. The fourth-order valence-corrected chi connectivity index (χ4v) is 4.00. The summed E-state index contributed by atoms with van der Waals surface area (Å²) in [6, 6.07) is 0.659. The number of rotatable bonds is 5. The van der Waals surface area contributed by atoms with Gasteiger partial charge in [-0.2, -0.15) is 5.10 Å². The molecule has 2 heterocycles. The highest BCUT2D eigenvalue weighted by molar-refractivity contribution is 5.15. The van der Waals surface area contributed by atoms with Crippen molar-refractivity contribution in [3.63, 3.8) is 0 Å². The van der Waals surface area contributed by atoms with Crippen molar-refractivity contribution in [1.29, 1.82) is 0 Å². The summed E-state index contributed by atoms with van der Waals surface area (Å²) < 4.78 is 2.24. The third-order valence-corrected chi connectivity index (χ3v) is 5.22. The Labute approximate surface area is 129 Å². The number of hydrogen-bond donors (Lipinski definition) is 0. The second kappa shape index (κ2) is 6.49. The Morgan fingerprint density at radius 3 is 2.71 bits per heavy atom. The van der Waals surface area contributed by atoms with Gasteiger partial charge in [0.15, 0.2) is 0 Å². The average Bonchev–Trinajstić information content (AvgIpc) is 3.13. The van der Waals surface area contributed by atoms with Crippen LogP contribution >= 0.6 is 0 Å². The van der Waals surface area contributed by atoms with E-state index in [2.05, 4.69) is 41.7 Å². The van der Waals surface area contributed by atoms with Crippen LogP contribution in [0.15, 0.2) is 6.20 Å². The van der Waals surface area contributed by atoms with Crippen molar-refractivity contribution in [2.75, 3.05) is 33.7 Å². The lowest BCUT2D eigenvalue weighted by Gasteiger charge is -2.20. The minimum absolute atomic E-state index is 0.659. The smallest absolute Gasteiger partial charge is 0.0638 e. The standard InChI is InChI=1S/C17H30N4/c1-14-16(13-21(18-14)17-6-4-5-7-17)12-20(3)11-15-8-9-19(2)10-15/h13,15,17H,4-12H2,1-3H3. The Morgan fingerprint density at radius 1 is 1.29 bits per heavy atom. The quantitative estimate of drug-likeness (QED) is 0.833. The molecule has 4 nitrogen and oxygen atoms in total. The van der Waals surface area contributed by atoms with Gasteiger partial charge in [-0.05, 0) is 52.7 Å². The highest BCUT2D eigenvalue weighted by Gasteiger charge is 2.22. The molecule has 0 radical (unpaired) electrons. The van der Waals surface area contributed by atoms with Crippen LogP contribution in [-0.2, 0) is 6.54 Å². The van der Waals surface area contributed by atoms with E-state index >= 15 is 0 Å². The molecule has 0 amide bonds. The van der Waals surface area contributed by atoms with E-state index in [0.29, 0.717) is 6.04 Å². The summed E-state index contributed by atoms with van der Waals surface area (Å²) >= 11 is 0. The maximum absolute atomic E-state index is 4.77. The number of aryl methyl sites for hydroxylation is 1. The minimum atomic E-state index is 0.659. The molecule has 1 aromatic rings. The summed E-state index contributed by atoms with van der Waals surface area (Å²) in [4.78, 5) is 4.93. The molecule has 0 aromatic carbocycles. The van der Waals surface area contributed by atoms with E-state index in [0.717, 1.165) is 12.5 Å². The van der Waals surface area contributed by atoms with E-state index in [-0.39, 0.29) is 0 Å². The monoisotopic (exact) mass is 290 g/mol. The molecule has 3 rings (SSSR count). The van der Waals surface area contributed by atoms with Crippen molar-refractivity contribution in [3.05, 3.63) is 17.5 Å². The van der Waals surface area contributed by atoms with E-state index < -0.39 is 0 Å². The van der Waals surface area contributed by atoms with Gasteiger partial charge in [0, 0.05) is 31.4 Å². The van der Waals surface area contributed by atoms with Crippen molar-refractivity contribution in [2.24, 2.45) is 5.92 Å². The molecular weight excluding hydrogens is 260 g/mol. The van der Waals surface area contributed by atoms with Crippen LogP contribution in [0.1, 0.15) is 49.4 Å². The summed E-state index contributed by atoms with van der Waals surface area (Å²) in [5.41, 5.74) is 2.63. The molecule has 1 saturated carbocycles. The molecule has 1 aliphatic heterocycles. The first kappa shape index (κ1) is 15.0. The van der Waals surface area contributed by atoms with Gasteiger partial charge in [-0.15, -0.1) is 0 Å². The van der Waals surface area contributed by atoms with Crippen LogP contribution < -0.4 is 0 Å². The van der Waals surface area contributed by atoms with Crippen LogP contribution in [-0.4, -0.2) is 53.3 Å². The van der Waals surface area contributed by atoms with Crippen molar-refractivity contribution < 1.29 is 0 Å². The first-order valence-electron chi connectivity index (χ1n) is 8.53. The van der Waals surface area contributed by atoms with Crippen molar-refractivity contribution in [3.8, 4) is 0 Å². The number of hydrogen-bond acceptors (Lipinski definition) is 3. The summed E-state index contributed by atoms with van der Waals surface area (Å²) in [7, 11) is 4.49. The maximum Gasteiger partial charge on any atom is 0.0638 e. The highest BCUT2D eigenvalue weighted by atomic mass is 15.3. The fourth-order valence-electron chi connectivity index (χ4n) is 4.00. The van der Waals surface area contributed by atoms with E-state index in [9.17, 15) is 0 Å². The molecule has 1 aromatic heterocycles. The lowest BCUT2D eigenvalue weighted by molar-refractivity contribution is 0.266. The van der Waals surface area contributed by atoms with Crippen molar-refractivity contribution in [1.82, 2.24) is 19.6 Å².